The largest absolute Gasteiger partial charge is 0.441 e. The van der Waals surface area contributed by atoms with E-state index in [4.69, 9.17) is 19.1 Å². The number of aryl methyl sites for hydroxylation is 2. The highest BCUT2D eigenvalue weighted by molar-refractivity contribution is 5.82. The van der Waals surface area contributed by atoms with Gasteiger partial charge in [-0.3, -0.25) is 10.0 Å². The van der Waals surface area contributed by atoms with E-state index in [1.807, 2.05) is 38.1 Å². The molecule has 0 bridgehead atoms. The first-order valence-electron chi connectivity index (χ1n) is 8.17. The Morgan fingerprint density at radius 3 is 2.52 bits per heavy atom. The summed E-state index contributed by atoms with van der Waals surface area (Å²) in [6.07, 6.45) is 0.623. The molecule has 1 aliphatic heterocycles. The van der Waals surface area contributed by atoms with Crippen LogP contribution >= 0.6 is 0 Å². The van der Waals surface area contributed by atoms with Crippen molar-refractivity contribution in [2.75, 3.05) is 13.2 Å². The number of benzene rings is 1. The molecule has 3 rings (SSSR count). The highest BCUT2D eigenvalue weighted by Gasteiger charge is 2.40. The number of nitrogens with one attached hydrogen (secondary N) is 1. The standard InChI is InChI=1S/C18H22N2O5/c1-11-4-6-14(7-5-11)16-19-15(12(2)25-16)8-13-9-23-18(3,24-10-13)17(21)20-22/h4-7,13,22H,8-10H2,1-3H3,(H,20,21). The van der Waals surface area contributed by atoms with Crippen molar-refractivity contribution in [3.8, 4) is 11.5 Å². The van der Waals surface area contributed by atoms with Crippen LogP contribution in [0, 0.1) is 19.8 Å². The number of carbonyl (C=O) groups is 1. The van der Waals surface area contributed by atoms with Crippen LogP contribution in [0.4, 0.5) is 0 Å². The van der Waals surface area contributed by atoms with Crippen LogP contribution in [0.5, 0.6) is 0 Å². The summed E-state index contributed by atoms with van der Waals surface area (Å²) in [5.41, 5.74) is 4.52. The zero-order chi connectivity index (χ0) is 18.0. The predicted octanol–water partition coefficient (Wildman–Crippen LogP) is 2.39. The highest BCUT2D eigenvalue weighted by Crippen LogP contribution is 2.27. The minimum Gasteiger partial charge on any atom is -0.441 e. The highest BCUT2D eigenvalue weighted by atomic mass is 16.7. The predicted molar refractivity (Wildman–Crippen MR) is 88.8 cm³/mol. The third-order valence-corrected chi connectivity index (χ3v) is 4.38. The van der Waals surface area contributed by atoms with Crippen molar-refractivity contribution in [1.82, 2.24) is 10.5 Å². The minimum absolute atomic E-state index is 0.0502. The first-order chi connectivity index (χ1) is 11.9. The summed E-state index contributed by atoms with van der Waals surface area (Å²) >= 11 is 0. The van der Waals surface area contributed by atoms with Crippen LogP contribution in [0.2, 0.25) is 0 Å². The number of nitrogens with zero attached hydrogens (tertiary/aromatic N) is 1. The van der Waals surface area contributed by atoms with Gasteiger partial charge >= 0.3 is 5.91 Å². The Morgan fingerprint density at radius 2 is 1.92 bits per heavy atom. The summed E-state index contributed by atoms with van der Waals surface area (Å²) in [6, 6.07) is 8.00. The van der Waals surface area contributed by atoms with Crippen molar-refractivity contribution in [2.45, 2.75) is 33.0 Å². The van der Waals surface area contributed by atoms with Crippen molar-refractivity contribution in [3.05, 3.63) is 41.3 Å². The number of hydrogen-bond acceptors (Lipinski definition) is 6. The van der Waals surface area contributed by atoms with Gasteiger partial charge in [-0.25, -0.2) is 10.5 Å². The smallest absolute Gasteiger partial charge is 0.303 e. The van der Waals surface area contributed by atoms with Crippen LogP contribution in [0.3, 0.4) is 0 Å². The molecule has 0 spiro atoms. The maximum Gasteiger partial charge on any atom is 0.303 e. The van der Waals surface area contributed by atoms with Gasteiger partial charge in [0.25, 0.3) is 0 Å². The fourth-order valence-electron chi connectivity index (χ4n) is 2.70. The van der Waals surface area contributed by atoms with E-state index in [-0.39, 0.29) is 5.92 Å². The zero-order valence-electron chi connectivity index (χ0n) is 14.5. The zero-order valence-corrected chi connectivity index (χ0v) is 14.5. The Morgan fingerprint density at radius 1 is 1.28 bits per heavy atom. The van der Waals surface area contributed by atoms with Crippen molar-refractivity contribution in [3.63, 3.8) is 0 Å². The normalized spacial score (nSPS) is 23.4. The SMILES string of the molecule is Cc1ccc(-c2nc(CC3COC(C)(C(=O)NO)OC3)c(C)o2)cc1. The van der Waals surface area contributed by atoms with E-state index < -0.39 is 11.7 Å². The van der Waals surface area contributed by atoms with E-state index in [1.165, 1.54) is 12.5 Å². The molecule has 7 heteroatoms. The Labute approximate surface area is 145 Å². The summed E-state index contributed by atoms with van der Waals surface area (Å²) in [5, 5.41) is 8.74. The Kier molecular flexibility index (Phi) is 4.89. The van der Waals surface area contributed by atoms with E-state index in [9.17, 15) is 4.79 Å². The number of hydrogen-bond donors (Lipinski definition) is 2. The third kappa shape index (κ3) is 3.73. The molecule has 2 aromatic rings. The Balaban J connectivity index is 1.66. The molecule has 0 radical (unpaired) electrons. The average molecular weight is 346 g/mol. The van der Waals surface area contributed by atoms with Crippen LogP contribution in [-0.2, 0) is 20.7 Å². The summed E-state index contributed by atoms with van der Waals surface area (Å²) in [5.74, 6) is -0.775. The second-order valence-corrected chi connectivity index (χ2v) is 6.47. The molecule has 0 atom stereocenters. The van der Waals surface area contributed by atoms with Gasteiger partial charge in [-0.2, -0.15) is 0 Å². The molecule has 1 aromatic carbocycles. The van der Waals surface area contributed by atoms with Gasteiger partial charge in [-0.05, 0) is 32.9 Å². The van der Waals surface area contributed by atoms with Crippen molar-refractivity contribution >= 4 is 5.91 Å². The van der Waals surface area contributed by atoms with Crippen molar-refractivity contribution in [1.29, 1.82) is 0 Å². The van der Waals surface area contributed by atoms with Crippen LogP contribution < -0.4 is 5.48 Å². The molecule has 1 saturated heterocycles. The number of carbonyl (C=O) groups excluding carboxylic acids is 1. The van der Waals surface area contributed by atoms with Gasteiger partial charge in [0, 0.05) is 17.9 Å². The number of hydroxylamine groups is 1. The van der Waals surface area contributed by atoms with Gasteiger partial charge in [0.05, 0.1) is 18.9 Å². The maximum atomic E-state index is 11.6. The van der Waals surface area contributed by atoms with Gasteiger partial charge in [0.1, 0.15) is 5.76 Å². The minimum atomic E-state index is -1.46. The van der Waals surface area contributed by atoms with Gasteiger partial charge in [-0.15, -0.1) is 0 Å². The summed E-state index contributed by atoms with van der Waals surface area (Å²) in [7, 11) is 0. The number of oxazole rings is 1. The molecule has 2 N–H and O–H groups in total. The second kappa shape index (κ2) is 6.95. The van der Waals surface area contributed by atoms with E-state index in [1.54, 1.807) is 5.48 Å². The number of aromatic nitrogens is 1. The third-order valence-electron chi connectivity index (χ3n) is 4.38. The lowest BCUT2D eigenvalue weighted by Gasteiger charge is -2.35. The maximum absolute atomic E-state index is 11.6. The number of rotatable bonds is 4. The fourth-order valence-corrected chi connectivity index (χ4v) is 2.70. The van der Waals surface area contributed by atoms with E-state index >= 15 is 0 Å². The molecule has 134 valence electrons. The van der Waals surface area contributed by atoms with Crippen LogP contribution in [0.1, 0.15) is 23.9 Å². The molecule has 1 aromatic heterocycles. The van der Waals surface area contributed by atoms with Crippen LogP contribution in [0.25, 0.3) is 11.5 Å². The molecule has 0 saturated carbocycles. The molecule has 0 aliphatic carbocycles. The summed E-state index contributed by atoms with van der Waals surface area (Å²) in [4.78, 5) is 16.1. The van der Waals surface area contributed by atoms with Crippen molar-refractivity contribution < 1.29 is 23.9 Å². The molecule has 2 heterocycles. The van der Waals surface area contributed by atoms with E-state index in [0.29, 0.717) is 25.5 Å². The number of amides is 1. The van der Waals surface area contributed by atoms with Crippen LogP contribution in [0.15, 0.2) is 28.7 Å². The molecule has 25 heavy (non-hydrogen) atoms. The van der Waals surface area contributed by atoms with Gasteiger partial charge in [0.2, 0.25) is 11.7 Å². The van der Waals surface area contributed by atoms with Crippen molar-refractivity contribution in [2.24, 2.45) is 5.92 Å². The molecule has 0 unspecified atom stereocenters. The fraction of sp³-hybridized carbons (Fsp3) is 0.444. The Hall–Kier alpha value is -2.22. The lowest BCUT2D eigenvalue weighted by molar-refractivity contribution is -0.263. The quantitative estimate of drug-likeness (QED) is 0.652. The molecule has 1 aliphatic rings. The molecular formula is C18H22N2O5. The lowest BCUT2D eigenvalue weighted by atomic mass is 10.0. The molecular weight excluding hydrogens is 324 g/mol. The second-order valence-electron chi connectivity index (χ2n) is 6.47. The van der Waals surface area contributed by atoms with Gasteiger partial charge in [-0.1, -0.05) is 17.7 Å². The average Bonchev–Trinajstić information content (AvgIpc) is 2.97. The summed E-state index contributed by atoms with van der Waals surface area (Å²) < 4.78 is 16.8. The molecule has 1 fully saturated rings. The van der Waals surface area contributed by atoms with Gasteiger partial charge in [0.15, 0.2) is 0 Å². The monoisotopic (exact) mass is 346 g/mol. The van der Waals surface area contributed by atoms with E-state index in [0.717, 1.165) is 17.0 Å². The first kappa shape index (κ1) is 17.6. The van der Waals surface area contributed by atoms with Crippen LogP contribution in [-0.4, -0.2) is 35.1 Å². The molecule has 7 nitrogen and oxygen atoms in total. The Bertz CT molecular complexity index is 745. The lowest BCUT2D eigenvalue weighted by Crippen LogP contribution is -2.52. The topological polar surface area (TPSA) is 93.8 Å². The van der Waals surface area contributed by atoms with E-state index in [2.05, 4.69) is 4.98 Å². The summed E-state index contributed by atoms with van der Waals surface area (Å²) in [6.45, 7) is 6.05. The number of ether oxygens (including phenoxy) is 2. The first-order valence-corrected chi connectivity index (χ1v) is 8.17. The molecule has 1 amide bonds. The van der Waals surface area contributed by atoms with Gasteiger partial charge < -0.3 is 13.9 Å².